The Morgan fingerprint density at radius 1 is 1.26 bits per heavy atom. The molecule has 0 radical (unpaired) electrons. The summed E-state index contributed by atoms with van der Waals surface area (Å²) >= 11 is 0. The van der Waals surface area contributed by atoms with E-state index in [1.54, 1.807) is 6.07 Å². The number of nitrogens with one attached hydrogen (secondary N) is 1. The quantitative estimate of drug-likeness (QED) is 0.732. The first-order valence-corrected chi connectivity index (χ1v) is 9.07. The van der Waals surface area contributed by atoms with Gasteiger partial charge in [0.25, 0.3) is 0 Å². The molecule has 0 fully saturated rings. The molecule has 2 aromatic carbocycles. The third-order valence-electron chi connectivity index (χ3n) is 4.86. The molecular weight excluding hydrogens is 345 g/mol. The van der Waals surface area contributed by atoms with Crippen molar-refractivity contribution in [1.29, 1.82) is 0 Å². The third kappa shape index (κ3) is 3.71. The molecule has 5 nitrogen and oxygen atoms in total. The van der Waals surface area contributed by atoms with Gasteiger partial charge >= 0.3 is 0 Å². The molecule has 0 bridgehead atoms. The van der Waals surface area contributed by atoms with Gasteiger partial charge in [-0.25, -0.2) is 14.4 Å². The van der Waals surface area contributed by atoms with Crippen LogP contribution in [0.3, 0.4) is 0 Å². The number of hydrogen-bond acceptors (Lipinski definition) is 5. The van der Waals surface area contributed by atoms with Crippen molar-refractivity contribution in [3.8, 4) is 11.6 Å². The molecule has 0 saturated heterocycles. The number of hydrogen-bond donors (Lipinski definition) is 2. The third-order valence-corrected chi connectivity index (χ3v) is 4.86. The lowest BCUT2D eigenvalue weighted by Gasteiger charge is -2.38. The van der Waals surface area contributed by atoms with E-state index >= 15 is 0 Å². The molecule has 6 heteroatoms. The Morgan fingerprint density at radius 3 is 2.89 bits per heavy atom. The summed E-state index contributed by atoms with van der Waals surface area (Å²) in [6.45, 7) is 4.74. The smallest absolute Gasteiger partial charge is 0.230 e. The maximum absolute atomic E-state index is 13.8. The highest BCUT2D eigenvalue weighted by molar-refractivity contribution is 5.78. The van der Waals surface area contributed by atoms with E-state index in [2.05, 4.69) is 15.3 Å². The summed E-state index contributed by atoms with van der Waals surface area (Å²) in [5.74, 6) is 0.451. The van der Waals surface area contributed by atoms with Gasteiger partial charge in [-0.1, -0.05) is 18.2 Å². The highest BCUT2D eigenvalue weighted by atomic mass is 19.1. The van der Waals surface area contributed by atoms with Crippen molar-refractivity contribution in [2.45, 2.75) is 38.3 Å². The monoisotopic (exact) mass is 367 g/mol. The van der Waals surface area contributed by atoms with E-state index < -0.39 is 0 Å². The first-order valence-electron chi connectivity index (χ1n) is 9.07. The largest absolute Gasteiger partial charge is 0.492 e. The van der Waals surface area contributed by atoms with Crippen LogP contribution in [0.2, 0.25) is 0 Å². The summed E-state index contributed by atoms with van der Waals surface area (Å²) in [5, 5.41) is 13.1. The Labute approximate surface area is 157 Å². The Morgan fingerprint density at radius 2 is 2.07 bits per heavy atom. The number of ether oxygens (including phenoxy) is 1. The molecule has 4 rings (SSSR count). The summed E-state index contributed by atoms with van der Waals surface area (Å²) in [6, 6.07) is 10.7. The van der Waals surface area contributed by atoms with E-state index in [9.17, 15) is 9.50 Å². The van der Waals surface area contributed by atoms with Gasteiger partial charge in [-0.05, 0) is 44.5 Å². The number of halogens is 1. The molecule has 1 unspecified atom stereocenters. The second-order valence-electron chi connectivity index (χ2n) is 7.52. The molecule has 27 heavy (non-hydrogen) atoms. The fraction of sp³-hybridized carbons (Fsp3) is 0.333. The maximum Gasteiger partial charge on any atom is 0.230 e. The summed E-state index contributed by atoms with van der Waals surface area (Å²) in [6.07, 6.45) is 2.73. The Hall–Kier alpha value is -2.73. The van der Waals surface area contributed by atoms with Gasteiger partial charge in [-0.3, -0.25) is 0 Å². The minimum atomic E-state index is -0.347. The minimum absolute atomic E-state index is 0.0653. The van der Waals surface area contributed by atoms with Crippen molar-refractivity contribution in [2.75, 3.05) is 6.54 Å². The van der Waals surface area contributed by atoms with Crippen LogP contribution in [0.15, 0.2) is 42.6 Å². The van der Waals surface area contributed by atoms with E-state index in [1.807, 2.05) is 38.1 Å². The fourth-order valence-corrected chi connectivity index (χ4v) is 3.61. The van der Waals surface area contributed by atoms with Gasteiger partial charge in [0.05, 0.1) is 17.2 Å². The van der Waals surface area contributed by atoms with Crippen LogP contribution in [-0.2, 0) is 6.42 Å². The van der Waals surface area contributed by atoms with Gasteiger partial charge in [0.1, 0.15) is 17.2 Å². The topological polar surface area (TPSA) is 67.3 Å². The molecule has 3 aromatic rings. The van der Waals surface area contributed by atoms with E-state index in [0.29, 0.717) is 29.6 Å². The summed E-state index contributed by atoms with van der Waals surface area (Å²) in [4.78, 5) is 8.37. The SMILES string of the molecule is CC1(C)CC(NCCc2ccccc2F)c2cc3ncc(O)nc3cc2O1. The van der Waals surface area contributed by atoms with E-state index in [4.69, 9.17) is 4.74 Å². The second kappa shape index (κ2) is 6.78. The standard InChI is InChI=1S/C21H22FN3O2/c1-21(2)11-18(23-8-7-13-5-3-4-6-15(13)22)14-9-16-17(10-19(14)27-21)25-20(26)12-24-16/h3-6,9-10,12,18,23H,7-8,11H2,1-2H3,(H,25,26). The summed E-state index contributed by atoms with van der Waals surface area (Å²) in [5.41, 5.74) is 2.67. The molecule has 140 valence electrons. The number of rotatable bonds is 4. The highest BCUT2D eigenvalue weighted by Gasteiger charge is 2.34. The average Bonchev–Trinajstić information content (AvgIpc) is 2.61. The number of fused-ring (bicyclic) bond motifs is 2. The lowest BCUT2D eigenvalue weighted by molar-refractivity contribution is 0.0664. The lowest BCUT2D eigenvalue weighted by Crippen LogP contribution is -2.40. The molecule has 1 aromatic heterocycles. The molecular formula is C21H22FN3O2. The van der Waals surface area contributed by atoms with Crippen LogP contribution in [0.4, 0.5) is 4.39 Å². The average molecular weight is 367 g/mol. The predicted molar refractivity (Wildman–Crippen MR) is 101 cm³/mol. The van der Waals surface area contributed by atoms with Gasteiger partial charge in [-0.2, -0.15) is 0 Å². The van der Waals surface area contributed by atoms with Crippen molar-refractivity contribution in [3.63, 3.8) is 0 Å². The van der Waals surface area contributed by atoms with Crippen LogP contribution in [0, 0.1) is 5.82 Å². The first-order chi connectivity index (χ1) is 12.9. The molecule has 1 aliphatic heterocycles. The van der Waals surface area contributed by atoms with Gasteiger partial charge in [0.15, 0.2) is 0 Å². The zero-order valence-corrected chi connectivity index (χ0v) is 15.4. The van der Waals surface area contributed by atoms with Crippen LogP contribution < -0.4 is 10.1 Å². The van der Waals surface area contributed by atoms with Crippen molar-refractivity contribution < 1.29 is 14.2 Å². The van der Waals surface area contributed by atoms with Gasteiger partial charge in [0, 0.05) is 24.1 Å². The molecule has 0 saturated carbocycles. The number of benzene rings is 2. The Kier molecular flexibility index (Phi) is 4.44. The van der Waals surface area contributed by atoms with Crippen molar-refractivity contribution in [1.82, 2.24) is 15.3 Å². The summed E-state index contributed by atoms with van der Waals surface area (Å²) < 4.78 is 20.0. The molecule has 2 heterocycles. The minimum Gasteiger partial charge on any atom is -0.492 e. The molecule has 1 aliphatic rings. The lowest BCUT2D eigenvalue weighted by atomic mass is 9.89. The van der Waals surface area contributed by atoms with Gasteiger partial charge in [0.2, 0.25) is 5.88 Å². The zero-order valence-electron chi connectivity index (χ0n) is 15.4. The highest BCUT2D eigenvalue weighted by Crippen LogP contribution is 2.41. The fourth-order valence-electron chi connectivity index (χ4n) is 3.61. The van der Waals surface area contributed by atoms with Crippen molar-refractivity contribution >= 4 is 11.0 Å². The van der Waals surface area contributed by atoms with Gasteiger partial charge in [-0.15, -0.1) is 0 Å². The summed E-state index contributed by atoms with van der Waals surface area (Å²) in [7, 11) is 0. The van der Waals surface area contributed by atoms with Crippen molar-refractivity contribution in [2.24, 2.45) is 0 Å². The number of aromatic hydroxyl groups is 1. The Balaban J connectivity index is 1.60. The molecule has 0 aliphatic carbocycles. The second-order valence-corrected chi connectivity index (χ2v) is 7.52. The maximum atomic E-state index is 13.8. The van der Waals surface area contributed by atoms with Crippen LogP contribution in [0.1, 0.15) is 37.4 Å². The van der Waals surface area contributed by atoms with Crippen molar-refractivity contribution in [3.05, 3.63) is 59.5 Å². The molecule has 1 atom stereocenters. The van der Waals surface area contributed by atoms with Crippen LogP contribution in [0.5, 0.6) is 11.6 Å². The van der Waals surface area contributed by atoms with E-state index in [0.717, 1.165) is 17.7 Å². The number of aromatic nitrogens is 2. The number of nitrogens with zero attached hydrogens (tertiary/aromatic N) is 2. The molecule has 0 spiro atoms. The van der Waals surface area contributed by atoms with E-state index in [-0.39, 0.29) is 23.3 Å². The van der Waals surface area contributed by atoms with Crippen LogP contribution in [-0.4, -0.2) is 27.2 Å². The van der Waals surface area contributed by atoms with Crippen LogP contribution >= 0.6 is 0 Å². The molecule has 2 N–H and O–H groups in total. The van der Waals surface area contributed by atoms with Crippen LogP contribution in [0.25, 0.3) is 11.0 Å². The normalized spacial score (nSPS) is 18.1. The first kappa shape index (κ1) is 17.7. The Bertz CT molecular complexity index is 990. The van der Waals surface area contributed by atoms with E-state index in [1.165, 1.54) is 12.3 Å². The molecule has 0 amide bonds. The zero-order chi connectivity index (χ0) is 19.0. The van der Waals surface area contributed by atoms with Gasteiger partial charge < -0.3 is 15.2 Å². The predicted octanol–water partition coefficient (Wildman–Crippen LogP) is 3.91.